The maximum atomic E-state index is 11.7. The minimum Gasteiger partial charge on any atom is -0.388 e. The van der Waals surface area contributed by atoms with Gasteiger partial charge in [-0.15, -0.1) is 0 Å². The van der Waals surface area contributed by atoms with E-state index < -0.39 is 15.6 Å². The molecule has 3 heterocycles. The molecule has 3 saturated heterocycles. The van der Waals surface area contributed by atoms with Crippen molar-refractivity contribution in [1.29, 1.82) is 0 Å². The topological polar surface area (TPSA) is 60.9 Å². The minimum atomic E-state index is -3.09. The number of rotatable bonds is 3. The van der Waals surface area contributed by atoms with Crippen LogP contribution in [0.25, 0.3) is 0 Å². The van der Waals surface area contributed by atoms with Crippen LogP contribution in [0.1, 0.15) is 44.9 Å². The predicted octanol–water partition coefficient (Wildman–Crippen LogP) is 1.04. The van der Waals surface area contributed by atoms with Gasteiger partial charge >= 0.3 is 0 Å². The molecule has 3 fully saturated rings. The molecule has 3 atom stereocenters. The Bertz CT molecular complexity index is 481. The quantitative estimate of drug-likeness (QED) is 0.845. The van der Waals surface area contributed by atoms with E-state index in [-0.39, 0.29) is 0 Å². The second-order valence-electron chi connectivity index (χ2n) is 7.23. The van der Waals surface area contributed by atoms with Gasteiger partial charge < -0.3 is 5.11 Å². The van der Waals surface area contributed by atoms with Gasteiger partial charge in [0.15, 0.2) is 0 Å². The first kappa shape index (κ1) is 15.7. The summed E-state index contributed by atoms with van der Waals surface area (Å²) in [6.45, 7) is 3.36. The van der Waals surface area contributed by atoms with E-state index in [0.717, 1.165) is 45.2 Å². The lowest BCUT2D eigenvalue weighted by Gasteiger charge is -2.41. The Morgan fingerprint density at radius 1 is 1.14 bits per heavy atom. The zero-order valence-electron chi connectivity index (χ0n) is 13.0. The van der Waals surface area contributed by atoms with E-state index in [4.69, 9.17) is 0 Å². The van der Waals surface area contributed by atoms with Gasteiger partial charge in [0.2, 0.25) is 10.0 Å². The van der Waals surface area contributed by atoms with Gasteiger partial charge in [-0.2, -0.15) is 0 Å². The fourth-order valence-electron chi connectivity index (χ4n) is 4.60. The van der Waals surface area contributed by atoms with Gasteiger partial charge in [0.1, 0.15) is 0 Å². The Balaban J connectivity index is 1.65. The smallest absolute Gasteiger partial charge is 0.211 e. The van der Waals surface area contributed by atoms with Crippen molar-refractivity contribution in [1.82, 2.24) is 9.21 Å². The molecule has 21 heavy (non-hydrogen) atoms. The van der Waals surface area contributed by atoms with Gasteiger partial charge in [0.05, 0.1) is 11.9 Å². The largest absolute Gasteiger partial charge is 0.388 e. The summed E-state index contributed by atoms with van der Waals surface area (Å²) >= 11 is 0. The van der Waals surface area contributed by atoms with Gasteiger partial charge in [-0.25, -0.2) is 12.7 Å². The van der Waals surface area contributed by atoms with E-state index in [1.807, 2.05) is 0 Å². The molecule has 0 aromatic rings. The first-order valence-electron chi connectivity index (χ1n) is 8.30. The maximum Gasteiger partial charge on any atom is 0.211 e. The van der Waals surface area contributed by atoms with Crippen LogP contribution in [0.2, 0.25) is 0 Å². The van der Waals surface area contributed by atoms with Crippen molar-refractivity contribution < 1.29 is 13.5 Å². The van der Waals surface area contributed by atoms with Crippen molar-refractivity contribution in [2.24, 2.45) is 5.92 Å². The molecular weight excluding hydrogens is 288 g/mol. The second-order valence-corrected chi connectivity index (χ2v) is 9.22. The summed E-state index contributed by atoms with van der Waals surface area (Å²) in [6.07, 6.45) is 8.43. The number of hydrogen-bond acceptors (Lipinski definition) is 4. The molecule has 122 valence electrons. The second kappa shape index (κ2) is 5.80. The Kier molecular flexibility index (Phi) is 4.34. The average Bonchev–Trinajstić information content (AvgIpc) is 2.76. The Morgan fingerprint density at radius 3 is 2.71 bits per heavy atom. The molecule has 6 heteroatoms. The Hall–Kier alpha value is -0.170. The van der Waals surface area contributed by atoms with Crippen LogP contribution < -0.4 is 0 Å². The fourth-order valence-corrected chi connectivity index (χ4v) is 5.55. The molecule has 0 aromatic carbocycles. The fraction of sp³-hybridized carbons (Fsp3) is 1.00. The predicted molar refractivity (Wildman–Crippen MR) is 82.5 cm³/mol. The van der Waals surface area contributed by atoms with Crippen LogP contribution in [0, 0.1) is 5.92 Å². The van der Waals surface area contributed by atoms with Crippen LogP contribution in [-0.4, -0.2) is 66.8 Å². The molecule has 3 unspecified atom stereocenters. The molecule has 1 N–H and O–H groups in total. The van der Waals surface area contributed by atoms with Crippen molar-refractivity contribution in [2.45, 2.75) is 56.6 Å². The number of piperidine rings is 2. The number of aliphatic hydroxyl groups is 1. The van der Waals surface area contributed by atoms with Crippen molar-refractivity contribution in [3.05, 3.63) is 0 Å². The summed E-state index contributed by atoms with van der Waals surface area (Å²) < 4.78 is 25.1. The van der Waals surface area contributed by atoms with E-state index in [0.29, 0.717) is 25.0 Å². The highest BCUT2D eigenvalue weighted by molar-refractivity contribution is 7.88. The molecular formula is C15H28N2O3S. The Labute approximate surface area is 128 Å². The summed E-state index contributed by atoms with van der Waals surface area (Å²) in [6, 6.07) is 0.305. The molecule has 0 aromatic heterocycles. The van der Waals surface area contributed by atoms with Crippen LogP contribution in [0.4, 0.5) is 0 Å². The van der Waals surface area contributed by atoms with Crippen LogP contribution in [0.3, 0.4) is 0 Å². The van der Waals surface area contributed by atoms with Gasteiger partial charge in [-0.3, -0.25) is 4.90 Å². The average molecular weight is 316 g/mol. The van der Waals surface area contributed by atoms with Crippen LogP contribution >= 0.6 is 0 Å². The summed E-state index contributed by atoms with van der Waals surface area (Å²) in [5.41, 5.74) is -0.592. The molecule has 0 amide bonds. The van der Waals surface area contributed by atoms with E-state index in [1.165, 1.54) is 19.1 Å². The van der Waals surface area contributed by atoms with E-state index >= 15 is 0 Å². The number of fused-ring (bicyclic) bond motifs is 1. The lowest BCUT2D eigenvalue weighted by atomic mass is 9.79. The van der Waals surface area contributed by atoms with Crippen LogP contribution in [0.5, 0.6) is 0 Å². The molecule has 0 spiro atoms. The third-order valence-corrected chi connectivity index (χ3v) is 6.93. The molecule has 3 aliphatic heterocycles. The molecule has 3 aliphatic rings. The van der Waals surface area contributed by atoms with Crippen LogP contribution in [0.15, 0.2) is 0 Å². The summed E-state index contributed by atoms with van der Waals surface area (Å²) in [4.78, 5) is 2.45. The zero-order chi connectivity index (χ0) is 15.1. The monoisotopic (exact) mass is 316 g/mol. The molecule has 5 nitrogen and oxygen atoms in total. The highest BCUT2D eigenvalue weighted by atomic mass is 32.2. The van der Waals surface area contributed by atoms with E-state index in [2.05, 4.69) is 4.90 Å². The number of sulfonamides is 1. The number of nitrogens with zero attached hydrogens (tertiary/aromatic N) is 2. The van der Waals surface area contributed by atoms with Gasteiger partial charge in [-0.1, -0.05) is 6.42 Å². The van der Waals surface area contributed by atoms with Crippen molar-refractivity contribution in [3.8, 4) is 0 Å². The third kappa shape index (κ3) is 3.28. The van der Waals surface area contributed by atoms with E-state index in [1.54, 1.807) is 4.31 Å². The maximum absolute atomic E-state index is 11.7. The molecule has 3 rings (SSSR count). The van der Waals surface area contributed by atoms with Gasteiger partial charge in [-0.05, 0) is 51.0 Å². The van der Waals surface area contributed by atoms with Crippen molar-refractivity contribution in [3.63, 3.8) is 0 Å². The highest BCUT2D eigenvalue weighted by Crippen LogP contribution is 2.40. The lowest BCUT2D eigenvalue weighted by Crippen LogP contribution is -2.49. The first-order valence-corrected chi connectivity index (χ1v) is 10.1. The van der Waals surface area contributed by atoms with Crippen molar-refractivity contribution >= 4 is 10.0 Å². The zero-order valence-corrected chi connectivity index (χ0v) is 13.8. The van der Waals surface area contributed by atoms with Crippen molar-refractivity contribution in [2.75, 3.05) is 32.4 Å². The summed E-state index contributed by atoms with van der Waals surface area (Å²) in [5.74, 6) is 0.306. The Morgan fingerprint density at radius 2 is 1.95 bits per heavy atom. The SMILES string of the molecule is CS(=O)(=O)N1CCCC(CC2(O)CCN3CCCCC32)C1. The first-order chi connectivity index (χ1) is 9.88. The van der Waals surface area contributed by atoms with Crippen LogP contribution in [-0.2, 0) is 10.0 Å². The molecule has 0 radical (unpaired) electrons. The third-order valence-electron chi connectivity index (χ3n) is 5.66. The summed E-state index contributed by atoms with van der Waals surface area (Å²) in [7, 11) is -3.09. The molecule has 0 aliphatic carbocycles. The van der Waals surface area contributed by atoms with E-state index in [9.17, 15) is 13.5 Å². The van der Waals surface area contributed by atoms with Gasteiger partial charge in [0, 0.05) is 25.7 Å². The summed E-state index contributed by atoms with van der Waals surface area (Å²) in [5, 5.41) is 11.1. The molecule has 0 bridgehead atoms. The minimum absolute atomic E-state index is 0.305. The normalized spacial score (nSPS) is 39.3. The lowest BCUT2D eigenvalue weighted by molar-refractivity contribution is -0.0326. The van der Waals surface area contributed by atoms with Gasteiger partial charge in [0.25, 0.3) is 0 Å². The molecule has 0 saturated carbocycles. The number of hydrogen-bond donors (Lipinski definition) is 1. The standard InChI is InChI=1S/C15H28N2O3S/c1-21(19,20)17-9-4-5-13(12-17)11-15(18)7-10-16-8-3-2-6-14(15)16/h13-14,18H,2-12H2,1H3. The highest BCUT2D eigenvalue weighted by Gasteiger charge is 2.47.